The zero-order valence-corrected chi connectivity index (χ0v) is 21.1. The van der Waals surface area contributed by atoms with Gasteiger partial charge in [0.1, 0.15) is 0 Å². The molecule has 1 atom stereocenters. The third-order valence-electron chi connectivity index (χ3n) is 7.09. The summed E-state index contributed by atoms with van der Waals surface area (Å²) >= 11 is -0.427. The second kappa shape index (κ2) is 11.0. The molecular formula is C26H33INO4-. The molecule has 1 unspecified atom stereocenters. The van der Waals surface area contributed by atoms with Gasteiger partial charge in [-0.3, -0.25) is 0 Å². The average Bonchev–Trinajstić information content (AvgIpc) is 2.84. The number of ether oxygens (including phenoxy) is 1. The van der Waals surface area contributed by atoms with Crippen molar-refractivity contribution in [1.82, 2.24) is 4.90 Å². The van der Waals surface area contributed by atoms with E-state index in [1.165, 1.54) is 34.8 Å². The fraction of sp³-hybridized carbons (Fsp3) is 0.500. The van der Waals surface area contributed by atoms with Crippen molar-refractivity contribution in [3.8, 4) is 5.75 Å². The Morgan fingerprint density at radius 3 is 2.50 bits per heavy atom. The van der Waals surface area contributed by atoms with Crippen molar-refractivity contribution >= 4 is 22.3 Å². The first kappa shape index (κ1) is 23.5. The molecule has 1 saturated carbocycles. The Kier molecular flexibility index (Phi) is 8.07. The van der Waals surface area contributed by atoms with Gasteiger partial charge >= 0.3 is 202 Å². The van der Waals surface area contributed by atoms with Crippen LogP contribution < -0.4 is 26.4 Å². The van der Waals surface area contributed by atoms with E-state index in [1.54, 1.807) is 14.2 Å². The van der Waals surface area contributed by atoms with Gasteiger partial charge in [-0.05, 0) is 0 Å². The van der Waals surface area contributed by atoms with Gasteiger partial charge in [0.05, 0.1) is 0 Å². The number of methoxy groups -OCH3 is 1. The molecule has 2 aromatic rings. The molecule has 0 aromatic heterocycles. The van der Waals surface area contributed by atoms with Crippen LogP contribution >= 0.6 is 0 Å². The number of hydrogen-bond acceptors (Lipinski definition) is 4. The summed E-state index contributed by atoms with van der Waals surface area (Å²) in [6.07, 6.45) is 6.02. The van der Waals surface area contributed by atoms with Crippen LogP contribution in [0.5, 0.6) is 5.75 Å². The first-order valence-corrected chi connectivity index (χ1v) is 13.6. The fourth-order valence-corrected chi connectivity index (χ4v) is 6.69. The van der Waals surface area contributed by atoms with Gasteiger partial charge in [-0.15, -0.1) is 0 Å². The van der Waals surface area contributed by atoms with Gasteiger partial charge in [-0.2, -0.15) is 0 Å². The van der Waals surface area contributed by atoms with Crippen molar-refractivity contribution in [3.63, 3.8) is 0 Å². The number of nitrogens with zero attached hydrogens (tertiary/aromatic N) is 1. The zero-order chi connectivity index (χ0) is 22.5. The third kappa shape index (κ3) is 5.46. The van der Waals surface area contributed by atoms with Crippen LogP contribution in [0.15, 0.2) is 40.5 Å². The standard InChI is InChI=1S/C26H33INO4/c1-31-24-12-9-19-14-21(6-5-20(19)15-24)25(16-27-32-2)22-4-3-13-28(17-22)23-10-7-18(8-11-23)26(29)30/h5-6,9,12,14-16,18,22-23H,3-4,7-8,10-11,13,17H2,1-2H3,(H,29,30)/q-1/b25-16-. The van der Waals surface area contributed by atoms with Crippen molar-refractivity contribution in [2.45, 2.75) is 44.6 Å². The first-order chi connectivity index (χ1) is 15.6. The summed E-state index contributed by atoms with van der Waals surface area (Å²) < 4.78 is 13.3. The van der Waals surface area contributed by atoms with E-state index in [4.69, 9.17) is 7.80 Å². The van der Waals surface area contributed by atoms with Crippen LogP contribution in [0, 0.1) is 11.8 Å². The number of carbonyl (C=O) groups is 1. The third-order valence-corrected chi connectivity index (χ3v) is 8.52. The summed E-state index contributed by atoms with van der Waals surface area (Å²) in [5, 5.41) is 11.7. The number of carboxylic acids is 1. The van der Waals surface area contributed by atoms with Crippen molar-refractivity contribution in [2.75, 3.05) is 27.3 Å². The summed E-state index contributed by atoms with van der Waals surface area (Å²) in [6.45, 7) is 2.19. The van der Waals surface area contributed by atoms with Gasteiger partial charge in [0.25, 0.3) is 0 Å². The average molecular weight is 550 g/mol. The minimum absolute atomic E-state index is 0.148. The van der Waals surface area contributed by atoms with Crippen molar-refractivity contribution in [3.05, 3.63) is 46.0 Å². The Labute approximate surface area is 201 Å². The molecule has 2 fully saturated rings. The number of likely N-dealkylation sites (tertiary alicyclic amines) is 1. The van der Waals surface area contributed by atoms with Crippen molar-refractivity contribution in [2.24, 2.45) is 11.8 Å². The van der Waals surface area contributed by atoms with E-state index in [9.17, 15) is 9.90 Å². The van der Waals surface area contributed by atoms with Crippen molar-refractivity contribution in [1.29, 1.82) is 0 Å². The van der Waals surface area contributed by atoms with Crippen LogP contribution in [0.2, 0.25) is 0 Å². The number of rotatable bonds is 7. The van der Waals surface area contributed by atoms with Gasteiger partial charge in [0.2, 0.25) is 0 Å². The molecule has 1 heterocycles. The first-order valence-electron chi connectivity index (χ1n) is 11.5. The molecule has 1 aliphatic heterocycles. The van der Waals surface area contributed by atoms with Crippen LogP contribution in [0.3, 0.4) is 0 Å². The molecule has 1 N–H and O–H groups in total. The van der Waals surface area contributed by atoms with Crippen LogP contribution in [0.4, 0.5) is 0 Å². The molecule has 0 bridgehead atoms. The summed E-state index contributed by atoms with van der Waals surface area (Å²) in [7, 11) is 3.50. The molecule has 32 heavy (non-hydrogen) atoms. The Bertz CT molecular complexity index is 967. The second-order valence-corrected chi connectivity index (χ2v) is 10.9. The van der Waals surface area contributed by atoms with Crippen LogP contribution in [0.1, 0.15) is 44.1 Å². The summed E-state index contributed by atoms with van der Waals surface area (Å²) in [5.74, 6) is 0.603. The zero-order valence-electron chi connectivity index (χ0n) is 18.9. The van der Waals surface area contributed by atoms with E-state index in [0.717, 1.165) is 44.5 Å². The Balaban J connectivity index is 1.53. The van der Waals surface area contributed by atoms with Gasteiger partial charge < -0.3 is 0 Å². The molecule has 4 rings (SSSR count). The molecule has 1 aliphatic carbocycles. The van der Waals surface area contributed by atoms with Crippen LogP contribution in [0.25, 0.3) is 16.3 Å². The number of piperidine rings is 1. The van der Waals surface area contributed by atoms with Crippen LogP contribution in [-0.2, 0) is 7.86 Å². The maximum atomic E-state index is 11.3. The molecule has 5 nitrogen and oxygen atoms in total. The van der Waals surface area contributed by atoms with Gasteiger partial charge in [-0.25, -0.2) is 0 Å². The molecule has 174 valence electrons. The van der Waals surface area contributed by atoms with E-state index in [2.05, 4.69) is 39.3 Å². The Morgan fingerprint density at radius 2 is 1.78 bits per heavy atom. The molecule has 2 aromatic carbocycles. The van der Waals surface area contributed by atoms with E-state index >= 15 is 0 Å². The van der Waals surface area contributed by atoms with Crippen LogP contribution in [-0.4, -0.2) is 49.3 Å². The van der Waals surface area contributed by atoms with E-state index in [0.29, 0.717) is 12.0 Å². The minimum atomic E-state index is -0.623. The fourth-order valence-electron chi connectivity index (χ4n) is 5.29. The predicted molar refractivity (Wildman–Crippen MR) is 123 cm³/mol. The quantitative estimate of drug-likeness (QED) is 0.536. The second-order valence-electron chi connectivity index (χ2n) is 8.91. The monoisotopic (exact) mass is 550 g/mol. The molecule has 0 radical (unpaired) electrons. The molecule has 2 aliphatic rings. The van der Waals surface area contributed by atoms with E-state index in [-0.39, 0.29) is 5.92 Å². The molecular weight excluding hydrogens is 517 g/mol. The topological polar surface area (TPSA) is 59.0 Å². The number of hydrogen-bond donors (Lipinski definition) is 1. The van der Waals surface area contributed by atoms with E-state index < -0.39 is 27.6 Å². The Hall–Kier alpha value is -1.64. The molecule has 6 heteroatoms. The van der Waals surface area contributed by atoms with Gasteiger partial charge in [0.15, 0.2) is 0 Å². The summed E-state index contributed by atoms with van der Waals surface area (Å²) in [6, 6.07) is 13.5. The van der Waals surface area contributed by atoms with E-state index in [1.807, 2.05) is 6.07 Å². The predicted octanol–water partition coefficient (Wildman–Crippen LogP) is 2.20. The molecule has 1 saturated heterocycles. The molecule has 0 spiro atoms. The number of halogens is 1. The van der Waals surface area contributed by atoms with Gasteiger partial charge in [0, 0.05) is 0 Å². The SMILES string of the molecule is CO[I-]/C=C(/c1ccc2cc(OC)ccc2c1)C1CCCN(C2CCC(C(=O)O)CC2)C1. The number of benzene rings is 2. The van der Waals surface area contributed by atoms with Crippen molar-refractivity contribution < 1.29 is 39.3 Å². The van der Waals surface area contributed by atoms with Gasteiger partial charge in [-0.1, -0.05) is 0 Å². The maximum absolute atomic E-state index is 11.3. The summed E-state index contributed by atoms with van der Waals surface area (Å²) in [5.41, 5.74) is 2.71. The normalized spacial score (nSPS) is 25.2. The number of carboxylic acid groups (broad SMARTS) is 1. The summed E-state index contributed by atoms with van der Waals surface area (Å²) in [4.78, 5) is 14.0. The Morgan fingerprint density at radius 1 is 1.03 bits per heavy atom. The molecule has 0 amide bonds. The number of fused-ring (bicyclic) bond motifs is 1. The number of aliphatic carboxylic acids is 1.